The zero-order chi connectivity index (χ0) is 20.6. The van der Waals surface area contributed by atoms with Crippen LogP contribution in [-0.2, 0) is 9.53 Å². The van der Waals surface area contributed by atoms with Crippen molar-refractivity contribution >= 4 is 24.7 Å². The third-order valence-corrected chi connectivity index (χ3v) is 10.1. The molecule has 0 unspecified atom stereocenters. The molecule has 2 aromatic carbocycles. The quantitative estimate of drug-likeness (QED) is 0.299. The average Bonchev–Trinajstić information content (AvgIpc) is 2.71. The van der Waals surface area contributed by atoms with Crippen LogP contribution in [-0.4, -0.2) is 26.2 Å². The van der Waals surface area contributed by atoms with E-state index in [2.05, 4.69) is 42.8 Å². The van der Waals surface area contributed by atoms with Gasteiger partial charge in [-0.15, -0.1) is 0 Å². The summed E-state index contributed by atoms with van der Waals surface area (Å²) in [5.41, 5.74) is 1.03. The molecule has 4 heteroatoms. The number of carbonyl (C=O) groups is 1. The summed E-state index contributed by atoms with van der Waals surface area (Å²) in [4.78, 5) is 23.4. The van der Waals surface area contributed by atoms with Crippen molar-refractivity contribution in [2.45, 2.75) is 51.5 Å². The highest BCUT2D eigenvalue weighted by Gasteiger charge is 2.49. The van der Waals surface area contributed by atoms with Crippen LogP contribution < -0.4 is 10.4 Å². The number of allylic oxidation sites excluding steroid dienone is 1. The molecule has 0 atom stereocenters. The van der Waals surface area contributed by atoms with Crippen LogP contribution in [0, 0.1) is 0 Å². The van der Waals surface area contributed by atoms with Crippen LogP contribution in [0.1, 0.15) is 46.5 Å². The second-order valence-corrected chi connectivity index (χ2v) is 12.0. The van der Waals surface area contributed by atoms with Gasteiger partial charge in [0.25, 0.3) is 8.32 Å². The summed E-state index contributed by atoms with van der Waals surface area (Å²) in [7, 11) is -1.53. The Hall–Kier alpha value is -2.17. The lowest BCUT2D eigenvalue weighted by molar-refractivity contribution is -0.134. The van der Waals surface area contributed by atoms with Crippen molar-refractivity contribution in [1.29, 1.82) is 0 Å². The molecule has 0 amide bonds. The van der Waals surface area contributed by atoms with E-state index in [0.29, 0.717) is 0 Å². The van der Waals surface area contributed by atoms with Gasteiger partial charge >= 0.3 is 5.97 Å². The number of carbonyl (C=O) groups excluding carboxylic acids is 1. The van der Waals surface area contributed by atoms with Crippen molar-refractivity contribution in [3.63, 3.8) is 0 Å². The van der Waals surface area contributed by atoms with Crippen LogP contribution in [0.5, 0.6) is 0 Å². The Kier molecular flexibility index (Phi) is 7.78. The lowest BCUT2D eigenvalue weighted by Gasteiger charge is -2.41. The maximum absolute atomic E-state index is 12.1. The van der Waals surface area contributed by atoms with E-state index in [9.17, 15) is 9.59 Å². The Labute approximate surface area is 170 Å². The molecule has 0 aliphatic rings. The highest BCUT2D eigenvalue weighted by atomic mass is 28.4. The second-order valence-electron chi connectivity index (χ2n) is 8.05. The molecule has 2 aromatic rings. The molecule has 0 aliphatic carbocycles. The van der Waals surface area contributed by atoms with E-state index < -0.39 is 8.32 Å². The number of rotatable bonds is 9. The smallest absolute Gasteiger partial charge is 0.330 e. The molecule has 2 rings (SSSR count). The molecule has 0 heterocycles. The number of methoxy groups -OCH3 is 1. The Bertz CT molecular complexity index is 743. The minimum absolute atomic E-state index is 0.227. The predicted molar refractivity (Wildman–Crippen MR) is 118 cm³/mol. The van der Waals surface area contributed by atoms with Crippen LogP contribution in [0.15, 0.2) is 72.3 Å². The maximum Gasteiger partial charge on any atom is 0.330 e. The van der Waals surface area contributed by atoms with Crippen molar-refractivity contribution < 1.29 is 14.3 Å². The van der Waals surface area contributed by atoms with Crippen molar-refractivity contribution in [1.82, 2.24) is 0 Å². The van der Waals surface area contributed by atoms with E-state index in [1.165, 1.54) is 7.11 Å². The second kappa shape index (κ2) is 9.85. The van der Waals surface area contributed by atoms with Gasteiger partial charge in [-0.25, -0.2) is 4.79 Å². The van der Waals surface area contributed by atoms with Gasteiger partial charge in [0.1, 0.15) is 0 Å². The molecule has 3 nitrogen and oxygen atoms in total. The van der Waals surface area contributed by atoms with Gasteiger partial charge in [0.05, 0.1) is 7.11 Å². The van der Waals surface area contributed by atoms with Crippen molar-refractivity contribution in [3.05, 3.63) is 72.3 Å². The summed E-state index contributed by atoms with van der Waals surface area (Å²) in [5.74, 6) is -0.298. The van der Waals surface area contributed by atoms with Gasteiger partial charge in [-0.05, 0) is 41.6 Å². The van der Waals surface area contributed by atoms with Crippen LogP contribution in [0.25, 0.3) is 0 Å². The van der Waals surface area contributed by atoms with Crippen LogP contribution in [0.3, 0.4) is 0 Å². The van der Waals surface area contributed by atoms with Gasteiger partial charge in [-0.2, -0.15) is 0 Å². The number of unbranched alkanes of at least 4 members (excludes halogenated alkanes) is 1. The first-order chi connectivity index (χ1) is 13.3. The molecule has 28 heavy (non-hydrogen) atoms. The standard InChI is InChI=1S/C24H32O3Si/c1-20(19-23(25)27-4)13-11-12-18-24(2,3)28(26,21-14-7-5-8-15-21)22-16-9-6-10-17-22/h5-10,14-17,19,26H,11-13,18H2,1-4H3/b20-19+. The third-order valence-electron chi connectivity index (χ3n) is 5.55. The molecule has 150 valence electrons. The molecule has 0 spiro atoms. The van der Waals surface area contributed by atoms with E-state index in [1.54, 1.807) is 6.08 Å². The first kappa shape index (κ1) is 22.1. The number of hydrogen-bond acceptors (Lipinski definition) is 3. The largest absolute Gasteiger partial charge is 0.466 e. The van der Waals surface area contributed by atoms with E-state index in [1.807, 2.05) is 43.3 Å². The molecular weight excluding hydrogens is 364 g/mol. The van der Waals surface area contributed by atoms with Gasteiger partial charge in [-0.1, -0.05) is 86.5 Å². The number of benzene rings is 2. The van der Waals surface area contributed by atoms with Gasteiger partial charge in [-0.3, -0.25) is 0 Å². The third kappa shape index (κ3) is 5.21. The normalized spacial score (nSPS) is 12.7. The van der Waals surface area contributed by atoms with Crippen molar-refractivity contribution in [2.75, 3.05) is 7.11 Å². The molecule has 0 radical (unpaired) electrons. The number of hydrogen-bond donors (Lipinski definition) is 1. The topological polar surface area (TPSA) is 46.5 Å². The lowest BCUT2D eigenvalue weighted by atomic mass is 10.0. The highest BCUT2D eigenvalue weighted by molar-refractivity contribution is 6.98. The summed E-state index contributed by atoms with van der Waals surface area (Å²) >= 11 is 0. The molecule has 0 aromatic heterocycles. The lowest BCUT2D eigenvalue weighted by Crippen LogP contribution is -2.65. The SMILES string of the molecule is COC(=O)/C=C(\C)CCCCC(C)(C)[Si](O)(c1ccccc1)c1ccccc1. The van der Waals surface area contributed by atoms with Crippen molar-refractivity contribution in [2.24, 2.45) is 0 Å². The zero-order valence-electron chi connectivity index (χ0n) is 17.4. The fourth-order valence-corrected chi connectivity index (χ4v) is 7.58. The summed E-state index contributed by atoms with van der Waals surface area (Å²) in [5, 5.41) is 1.87. The summed E-state index contributed by atoms with van der Waals surface area (Å²) in [6, 6.07) is 20.3. The van der Waals surface area contributed by atoms with Crippen LogP contribution in [0.2, 0.25) is 5.04 Å². The Balaban J connectivity index is 2.17. The maximum atomic E-state index is 12.1. The van der Waals surface area contributed by atoms with Gasteiger partial charge in [0, 0.05) is 6.08 Å². The van der Waals surface area contributed by atoms with E-state index in [0.717, 1.165) is 41.6 Å². The van der Waals surface area contributed by atoms with Crippen molar-refractivity contribution in [3.8, 4) is 0 Å². The molecule has 1 N–H and O–H groups in total. The van der Waals surface area contributed by atoms with E-state index >= 15 is 0 Å². The van der Waals surface area contributed by atoms with Gasteiger partial charge in [0.2, 0.25) is 0 Å². The first-order valence-corrected chi connectivity index (χ1v) is 11.8. The van der Waals surface area contributed by atoms with Gasteiger partial charge in [0.15, 0.2) is 0 Å². The van der Waals surface area contributed by atoms with Crippen LogP contribution in [0.4, 0.5) is 0 Å². The Morgan fingerprint density at radius 3 is 1.96 bits per heavy atom. The predicted octanol–water partition coefficient (Wildman–Crippen LogP) is 4.20. The number of esters is 1. The fraction of sp³-hybridized carbons (Fsp3) is 0.375. The molecule has 0 bridgehead atoms. The monoisotopic (exact) mass is 396 g/mol. The summed E-state index contributed by atoms with van der Waals surface area (Å²) in [6.07, 6.45) is 5.32. The van der Waals surface area contributed by atoms with Gasteiger partial charge < -0.3 is 9.53 Å². The van der Waals surface area contributed by atoms with E-state index in [4.69, 9.17) is 0 Å². The zero-order valence-corrected chi connectivity index (χ0v) is 18.4. The molecule has 0 aliphatic heterocycles. The van der Waals surface area contributed by atoms with E-state index in [-0.39, 0.29) is 11.0 Å². The fourth-order valence-electron chi connectivity index (χ4n) is 3.79. The summed E-state index contributed by atoms with van der Waals surface area (Å²) in [6.45, 7) is 6.34. The molecular formula is C24H32O3Si. The molecule has 0 fully saturated rings. The Morgan fingerprint density at radius 2 is 1.50 bits per heavy atom. The summed E-state index contributed by atoms with van der Waals surface area (Å²) < 4.78 is 4.68. The molecule has 0 saturated heterocycles. The first-order valence-electron chi connectivity index (χ1n) is 9.90. The molecule has 0 saturated carbocycles. The average molecular weight is 397 g/mol. The number of ether oxygens (including phenoxy) is 1. The highest BCUT2D eigenvalue weighted by Crippen LogP contribution is 2.40. The Morgan fingerprint density at radius 1 is 1.00 bits per heavy atom. The van der Waals surface area contributed by atoms with Crippen LogP contribution >= 0.6 is 0 Å². The minimum Gasteiger partial charge on any atom is -0.466 e. The minimum atomic E-state index is -2.93.